The Kier molecular flexibility index (Phi) is 6.08. The summed E-state index contributed by atoms with van der Waals surface area (Å²) in [5, 5.41) is 10.3. The van der Waals surface area contributed by atoms with Crippen molar-refractivity contribution in [1.29, 1.82) is 0 Å². The number of ether oxygens (including phenoxy) is 2. The second kappa shape index (κ2) is 8.94. The number of aryl methyl sites for hydroxylation is 1. The average Bonchev–Trinajstić information content (AvgIpc) is 3.60. The van der Waals surface area contributed by atoms with E-state index < -0.39 is 0 Å². The summed E-state index contributed by atoms with van der Waals surface area (Å²) in [6.07, 6.45) is 10.2. The molecule has 1 aliphatic carbocycles. The minimum Gasteiger partial charge on any atom is -0.493 e. The van der Waals surface area contributed by atoms with Gasteiger partial charge >= 0.3 is 0 Å². The molecule has 1 N–H and O–H groups in total. The van der Waals surface area contributed by atoms with E-state index in [0.717, 1.165) is 44.0 Å². The second-order valence-corrected chi connectivity index (χ2v) is 10.1. The van der Waals surface area contributed by atoms with Gasteiger partial charge in [0.05, 0.1) is 18.8 Å². The zero-order chi connectivity index (χ0) is 20.5. The minimum absolute atomic E-state index is 0.0151. The number of hydrogen-bond donors (Lipinski definition) is 1. The lowest BCUT2D eigenvalue weighted by molar-refractivity contribution is -0.0605. The van der Waals surface area contributed by atoms with Gasteiger partial charge in [0.2, 0.25) is 0 Å². The first-order chi connectivity index (χ1) is 14.7. The monoisotopic (exact) mass is 424 g/mol. The topological polar surface area (TPSA) is 38.7 Å². The molecule has 1 saturated carbocycles. The Morgan fingerprint density at radius 3 is 2.80 bits per heavy atom. The van der Waals surface area contributed by atoms with E-state index in [-0.39, 0.29) is 17.6 Å². The van der Waals surface area contributed by atoms with E-state index in [1.54, 1.807) is 11.8 Å². The van der Waals surface area contributed by atoms with Gasteiger partial charge in [0.1, 0.15) is 11.2 Å². The van der Waals surface area contributed by atoms with Gasteiger partial charge < -0.3 is 14.6 Å². The Hall–Kier alpha value is -1.49. The van der Waals surface area contributed by atoms with Crippen LogP contribution in [0.3, 0.4) is 0 Å². The molecule has 0 amide bonds. The van der Waals surface area contributed by atoms with Gasteiger partial charge in [-0.2, -0.15) is 0 Å². The number of benzene rings is 2. The predicted octanol–water partition coefficient (Wildman–Crippen LogP) is 5.77. The summed E-state index contributed by atoms with van der Waals surface area (Å²) in [6, 6.07) is 13.7. The Morgan fingerprint density at radius 2 is 1.97 bits per heavy atom. The third-order valence-electron chi connectivity index (χ3n) is 6.70. The molecular weight excluding hydrogens is 392 g/mol. The van der Waals surface area contributed by atoms with Crippen LogP contribution in [0.1, 0.15) is 78.4 Å². The molecule has 3 atom stereocenters. The first kappa shape index (κ1) is 20.4. The summed E-state index contributed by atoms with van der Waals surface area (Å²) >= 11 is 1.69. The third-order valence-corrected chi connectivity index (χ3v) is 7.53. The Labute approximate surface area is 184 Å². The van der Waals surface area contributed by atoms with E-state index in [9.17, 15) is 5.11 Å². The van der Waals surface area contributed by atoms with Crippen LogP contribution in [0.4, 0.5) is 0 Å². The van der Waals surface area contributed by atoms with Gasteiger partial charge in [-0.25, -0.2) is 0 Å². The van der Waals surface area contributed by atoms with E-state index in [1.807, 2.05) is 0 Å². The lowest BCUT2D eigenvalue weighted by Crippen LogP contribution is -2.29. The van der Waals surface area contributed by atoms with Crippen molar-refractivity contribution in [2.75, 3.05) is 12.9 Å². The zero-order valence-electron chi connectivity index (χ0n) is 17.8. The van der Waals surface area contributed by atoms with Crippen LogP contribution in [0.25, 0.3) is 0 Å². The second-order valence-electron chi connectivity index (χ2n) is 9.07. The number of rotatable bonds is 5. The van der Waals surface area contributed by atoms with E-state index in [0.29, 0.717) is 6.42 Å². The molecule has 0 aromatic heterocycles. The highest BCUT2D eigenvalue weighted by Gasteiger charge is 2.31. The number of aliphatic hydroxyl groups is 1. The van der Waals surface area contributed by atoms with Crippen molar-refractivity contribution in [3.05, 3.63) is 64.2 Å². The standard InChI is InChI=1S/C26H32O3S/c1-30-26-16-22(27)15-25(29-26)20-8-9-23(18-6-7-18)21(14-20)13-17-5-10-24-19(12-17)4-2-3-11-28-24/h5,8-10,12,14,18,22,25-27H,2-4,6-7,11,13,15-16H2,1H3. The highest BCUT2D eigenvalue weighted by molar-refractivity contribution is 7.99. The van der Waals surface area contributed by atoms with Crippen LogP contribution >= 0.6 is 11.8 Å². The van der Waals surface area contributed by atoms with Crippen LogP contribution in [0.2, 0.25) is 0 Å². The van der Waals surface area contributed by atoms with Crippen LogP contribution in [0, 0.1) is 0 Å². The molecule has 4 heteroatoms. The van der Waals surface area contributed by atoms with Crippen molar-refractivity contribution in [1.82, 2.24) is 0 Å². The minimum atomic E-state index is -0.280. The van der Waals surface area contributed by atoms with Crippen molar-refractivity contribution in [3.63, 3.8) is 0 Å². The first-order valence-corrected chi connectivity index (χ1v) is 12.7. The predicted molar refractivity (Wildman–Crippen MR) is 122 cm³/mol. The van der Waals surface area contributed by atoms with E-state index in [2.05, 4.69) is 42.7 Å². The summed E-state index contributed by atoms with van der Waals surface area (Å²) in [4.78, 5) is 0. The smallest absolute Gasteiger partial charge is 0.122 e. The highest BCUT2D eigenvalue weighted by atomic mass is 32.2. The van der Waals surface area contributed by atoms with E-state index in [1.165, 1.54) is 47.1 Å². The fourth-order valence-corrected chi connectivity index (χ4v) is 5.56. The summed E-state index contributed by atoms with van der Waals surface area (Å²) < 4.78 is 12.2. The molecule has 2 fully saturated rings. The van der Waals surface area contributed by atoms with Gasteiger partial charge in [0, 0.05) is 12.8 Å². The number of thioether (sulfide) groups is 1. The van der Waals surface area contributed by atoms with Crippen LogP contribution in [0.15, 0.2) is 36.4 Å². The summed E-state index contributed by atoms with van der Waals surface area (Å²) in [5.74, 6) is 1.79. The fraction of sp³-hybridized carbons (Fsp3) is 0.538. The van der Waals surface area contributed by atoms with Crippen molar-refractivity contribution in [2.45, 2.75) is 74.9 Å². The van der Waals surface area contributed by atoms with Crippen molar-refractivity contribution < 1.29 is 14.6 Å². The number of hydrogen-bond acceptors (Lipinski definition) is 4. The molecule has 3 unspecified atom stereocenters. The molecule has 3 aliphatic rings. The normalized spacial score (nSPS) is 26.5. The molecule has 0 radical (unpaired) electrons. The summed E-state index contributed by atoms with van der Waals surface area (Å²) in [5.41, 5.74) is 6.94. The zero-order valence-corrected chi connectivity index (χ0v) is 18.6. The Morgan fingerprint density at radius 1 is 1.07 bits per heavy atom. The molecule has 30 heavy (non-hydrogen) atoms. The molecule has 2 aliphatic heterocycles. The number of aliphatic hydroxyl groups excluding tert-OH is 1. The van der Waals surface area contributed by atoms with Crippen LogP contribution in [-0.4, -0.2) is 29.5 Å². The van der Waals surface area contributed by atoms with Crippen molar-refractivity contribution in [2.24, 2.45) is 0 Å². The van der Waals surface area contributed by atoms with Crippen molar-refractivity contribution >= 4 is 11.8 Å². The van der Waals surface area contributed by atoms with Gasteiger partial charge in [0.25, 0.3) is 0 Å². The lowest BCUT2D eigenvalue weighted by Gasteiger charge is -2.33. The Bertz CT molecular complexity index is 892. The summed E-state index contributed by atoms with van der Waals surface area (Å²) in [6.45, 7) is 0.838. The van der Waals surface area contributed by atoms with Gasteiger partial charge in [0.15, 0.2) is 0 Å². The molecule has 160 valence electrons. The van der Waals surface area contributed by atoms with Crippen LogP contribution in [0.5, 0.6) is 5.75 Å². The fourth-order valence-electron chi connectivity index (χ4n) is 4.90. The van der Waals surface area contributed by atoms with Crippen LogP contribution < -0.4 is 4.74 Å². The lowest BCUT2D eigenvalue weighted by atomic mass is 9.91. The molecule has 0 bridgehead atoms. The maximum absolute atomic E-state index is 10.3. The number of fused-ring (bicyclic) bond motifs is 1. The quantitative estimate of drug-likeness (QED) is 0.661. The maximum Gasteiger partial charge on any atom is 0.122 e. The van der Waals surface area contributed by atoms with Gasteiger partial charge in [-0.3, -0.25) is 0 Å². The first-order valence-electron chi connectivity index (χ1n) is 11.4. The molecule has 2 heterocycles. The van der Waals surface area contributed by atoms with E-state index >= 15 is 0 Å². The largest absolute Gasteiger partial charge is 0.493 e. The van der Waals surface area contributed by atoms with E-state index in [4.69, 9.17) is 9.47 Å². The average molecular weight is 425 g/mol. The highest BCUT2D eigenvalue weighted by Crippen LogP contribution is 2.44. The van der Waals surface area contributed by atoms with Gasteiger partial charge in [-0.15, -0.1) is 11.8 Å². The molecule has 0 spiro atoms. The molecule has 5 rings (SSSR count). The molecule has 3 nitrogen and oxygen atoms in total. The van der Waals surface area contributed by atoms with Gasteiger partial charge in [-0.1, -0.05) is 30.3 Å². The van der Waals surface area contributed by atoms with Crippen LogP contribution in [-0.2, 0) is 17.6 Å². The Balaban J connectivity index is 1.42. The van der Waals surface area contributed by atoms with Crippen molar-refractivity contribution in [3.8, 4) is 5.75 Å². The molecular formula is C26H32O3S. The third kappa shape index (κ3) is 4.56. The molecule has 2 aromatic carbocycles. The molecule has 2 aromatic rings. The summed E-state index contributed by atoms with van der Waals surface area (Å²) in [7, 11) is 0. The maximum atomic E-state index is 10.3. The van der Waals surface area contributed by atoms with Gasteiger partial charge in [-0.05, 0) is 84.6 Å². The molecule has 1 saturated heterocycles. The SMILES string of the molecule is CSC1CC(O)CC(c2ccc(C3CC3)c(Cc3ccc4c(c3)CCCCO4)c2)O1.